The number of aromatic nitrogens is 2. The van der Waals surface area contributed by atoms with Crippen LogP contribution in [0.3, 0.4) is 0 Å². The summed E-state index contributed by atoms with van der Waals surface area (Å²) in [5, 5.41) is 3.52. The van der Waals surface area contributed by atoms with Gasteiger partial charge in [-0.3, -0.25) is 0 Å². The average molecular weight is 246 g/mol. The van der Waals surface area contributed by atoms with Crippen molar-refractivity contribution in [1.82, 2.24) is 14.9 Å². The van der Waals surface area contributed by atoms with Crippen LogP contribution >= 0.6 is 0 Å². The summed E-state index contributed by atoms with van der Waals surface area (Å²) in [6.45, 7) is 9.03. The monoisotopic (exact) mass is 246 g/mol. The van der Waals surface area contributed by atoms with E-state index < -0.39 is 0 Å². The van der Waals surface area contributed by atoms with E-state index in [-0.39, 0.29) is 0 Å². The average Bonchev–Trinajstić information content (AvgIpc) is 2.38. The van der Waals surface area contributed by atoms with Crippen LogP contribution in [0.15, 0.2) is 12.4 Å². The Bertz CT molecular complexity index is 402. The molecule has 1 aromatic heterocycles. The molecule has 0 radical (unpaired) electrons. The van der Waals surface area contributed by atoms with Crippen LogP contribution in [-0.2, 0) is 0 Å². The number of piperidine rings is 2. The quantitative estimate of drug-likeness (QED) is 0.884. The van der Waals surface area contributed by atoms with Crippen molar-refractivity contribution >= 4 is 5.95 Å². The van der Waals surface area contributed by atoms with Gasteiger partial charge in [0.15, 0.2) is 0 Å². The van der Waals surface area contributed by atoms with Crippen molar-refractivity contribution in [2.75, 3.05) is 18.4 Å². The summed E-state index contributed by atoms with van der Waals surface area (Å²) in [4.78, 5) is 11.3. The fourth-order valence-corrected chi connectivity index (χ4v) is 3.20. The minimum Gasteiger partial charge on any atom is -0.351 e. The van der Waals surface area contributed by atoms with Gasteiger partial charge in [0, 0.05) is 37.6 Å². The fourth-order valence-electron chi connectivity index (χ4n) is 3.20. The van der Waals surface area contributed by atoms with E-state index in [1.54, 1.807) is 0 Å². The van der Waals surface area contributed by atoms with E-state index in [1.165, 1.54) is 19.5 Å². The molecule has 0 spiro atoms. The molecule has 1 saturated heterocycles. The SMILES string of the molecule is Cc1cnc(NC2C3CC2CN(C(C)C)C3)nc1. The number of rotatable bonds is 3. The number of nitrogens with zero attached hydrogens (tertiary/aromatic N) is 3. The van der Waals surface area contributed by atoms with Crippen molar-refractivity contribution in [1.29, 1.82) is 0 Å². The number of nitrogens with one attached hydrogen (secondary N) is 1. The topological polar surface area (TPSA) is 41.1 Å². The second-order valence-corrected chi connectivity index (χ2v) is 6.06. The number of anilines is 1. The number of aryl methyl sites for hydroxylation is 1. The van der Waals surface area contributed by atoms with E-state index in [9.17, 15) is 0 Å². The van der Waals surface area contributed by atoms with E-state index in [2.05, 4.69) is 34.0 Å². The first-order chi connectivity index (χ1) is 8.63. The molecule has 3 rings (SSSR count). The van der Waals surface area contributed by atoms with E-state index in [0.29, 0.717) is 12.1 Å². The van der Waals surface area contributed by atoms with Gasteiger partial charge in [0.25, 0.3) is 0 Å². The lowest BCUT2D eigenvalue weighted by molar-refractivity contribution is -0.00446. The molecule has 0 aromatic carbocycles. The number of fused-ring (bicyclic) bond motifs is 2. The molecular weight excluding hydrogens is 224 g/mol. The van der Waals surface area contributed by atoms with Gasteiger partial charge in [-0.2, -0.15) is 0 Å². The summed E-state index contributed by atoms with van der Waals surface area (Å²) < 4.78 is 0. The number of hydrogen-bond acceptors (Lipinski definition) is 4. The molecule has 98 valence electrons. The molecule has 1 aliphatic carbocycles. The number of likely N-dealkylation sites (tertiary alicyclic amines) is 1. The van der Waals surface area contributed by atoms with Crippen molar-refractivity contribution in [3.63, 3.8) is 0 Å². The summed E-state index contributed by atoms with van der Waals surface area (Å²) in [7, 11) is 0. The van der Waals surface area contributed by atoms with Gasteiger partial charge >= 0.3 is 0 Å². The summed E-state index contributed by atoms with van der Waals surface area (Å²) in [6.07, 6.45) is 5.13. The minimum absolute atomic E-state index is 0.586. The Labute approximate surface area is 109 Å². The Kier molecular flexibility index (Phi) is 2.98. The Balaban J connectivity index is 1.62. The normalized spacial score (nSPS) is 31.2. The molecule has 0 amide bonds. The predicted octanol–water partition coefficient (Wildman–Crippen LogP) is 1.93. The standard InChI is InChI=1S/C14H22N4/c1-9(2)18-7-11-4-12(8-18)13(11)17-14-15-5-10(3)6-16-14/h5-6,9,11-13H,4,7-8H2,1-3H3,(H,15,16,17). The maximum absolute atomic E-state index is 4.35. The van der Waals surface area contributed by atoms with Crippen molar-refractivity contribution in [2.24, 2.45) is 11.8 Å². The van der Waals surface area contributed by atoms with Crippen LogP contribution in [0.5, 0.6) is 0 Å². The Morgan fingerprint density at radius 3 is 2.39 bits per heavy atom. The first kappa shape index (κ1) is 11.9. The lowest BCUT2D eigenvalue weighted by Crippen LogP contribution is -2.62. The van der Waals surface area contributed by atoms with Crippen molar-refractivity contribution in [3.8, 4) is 0 Å². The highest BCUT2D eigenvalue weighted by Gasteiger charge is 2.47. The summed E-state index contributed by atoms with van der Waals surface area (Å²) in [6, 6.07) is 1.26. The molecule has 2 atom stereocenters. The summed E-state index contributed by atoms with van der Waals surface area (Å²) >= 11 is 0. The third-order valence-electron chi connectivity index (χ3n) is 4.37. The molecule has 1 saturated carbocycles. The van der Waals surface area contributed by atoms with Gasteiger partial charge in [-0.1, -0.05) is 0 Å². The smallest absolute Gasteiger partial charge is 0.222 e. The van der Waals surface area contributed by atoms with Crippen LogP contribution in [0.4, 0.5) is 5.95 Å². The molecule has 2 unspecified atom stereocenters. The van der Waals surface area contributed by atoms with Gasteiger partial charge in [0.05, 0.1) is 0 Å². The van der Waals surface area contributed by atoms with Crippen LogP contribution < -0.4 is 5.32 Å². The predicted molar refractivity (Wildman–Crippen MR) is 72.5 cm³/mol. The highest BCUT2D eigenvalue weighted by atomic mass is 15.2. The van der Waals surface area contributed by atoms with E-state index in [4.69, 9.17) is 0 Å². The van der Waals surface area contributed by atoms with Crippen molar-refractivity contribution in [3.05, 3.63) is 18.0 Å². The van der Waals surface area contributed by atoms with Gasteiger partial charge in [-0.05, 0) is 44.6 Å². The summed E-state index contributed by atoms with van der Waals surface area (Å²) in [5.41, 5.74) is 1.11. The molecule has 2 heterocycles. The third-order valence-corrected chi connectivity index (χ3v) is 4.37. The molecule has 1 aromatic rings. The Morgan fingerprint density at radius 1 is 1.22 bits per heavy atom. The zero-order chi connectivity index (χ0) is 12.7. The van der Waals surface area contributed by atoms with Gasteiger partial charge in [0.1, 0.15) is 0 Å². The molecule has 4 nitrogen and oxygen atoms in total. The third kappa shape index (κ3) is 2.09. The van der Waals surface area contributed by atoms with Crippen LogP contribution in [0.25, 0.3) is 0 Å². The maximum Gasteiger partial charge on any atom is 0.222 e. The van der Waals surface area contributed by atoms with Crippen molar-refractivity contribution in [2.45, 2.75) is 39.3 Å². The molecule has 2 fully saturated rings. The van der Waals surface area contributed by atoms with Gasteiger partial charge < -0.3 is 10.2 Å². The van der Waals surface area contributed by atoms with Gasteiger partial charge in [-0.15, -0.1) is 0 Å². The second-order valence-electron chi connectivity index (χ2n) is 6.06. The van der Waals surface area contributed by atoms with E-state index in [1.807, 2.05) is 19.3 Å². The maximum atomic E-state index is 4.35. The zero-order valence-electron chi connectivity index (χ0n) is 11.4. The zero-order valence-corrected chi connectivity index (χ0v) is 11.4. The highest BCUT2D eigenvalue weighted by Crippen LogP contribution is 2.41. The highest BCUT2D eigenvalue weighted by molar-refractivity contribution is 5.29. The molecule has 18 heavy (non-hydrogen) atoms. The Hall–Kier alpha value is -1.16. The van der Waals surface area contributed by atoms with Crippen LogP contribution in [0.2, 0.25) is 0 Å². The van der Waals surface area contributed by atoms with E-state index in [0.717, 1.165) is 23.3 Å². The first-order valence-electron chi connectivity index (χ1n) is 6.92. The molecule has 1 N–H and O–H groups in total. The minimum atomic E-state index is 0.586. The second kappa shape index (κ2) is 4.50. The van der Waals surface area contributed by atoms with Crippen LogP contribution in [0.1, 0.15) is 25.8 Å². The molecule has 2 bridgehead atoms. The van der Waals surface area contributed by atoms with Crippen molar-refractivity contribution < 1.29 is 0 Å². The van der Waals surface area contributed by atoms with Gasteiger partial charge in [0.2, 0.25) is 5.95 Å². The van der Waals surface area contributed by atoms with Crippen LogP contribution in [0, 0.1) is 18.8 Å². The van der Waals surface area contributed by atoms with Crippen LogP contribution in [-0.4, -0.2) is 40.0 Å². The lowest BCUT2D eigenvalue weighted by atomic mass is 9.66. The number of hydrogen-bond donors (Lipinski definition) is 1. The fraction of sp³-hybridized carbons (Fsp3) is 0.714. The van der Waals surface area contributed by atoms with Gasteiger partial charge in [-0.25, -0.2) is 9.97 Å². The van der Waals surface area contributed by atoms with E-state index >= 15 is 0 Å². The molecule has 2 aliphatic rings. The molecular formula is C14H22N4. The first-order valence-corrected chi connectivity index (χ1v) is 6.92. The molecule has 4 heteroatoms. The molecule has 1 aliphatic heterocycles. The lowest BCUT2D eigenvalue weighted by Gasteiger charge is -2.54. The largest absolute Gasteiger partial charge is 0.351 e. The summed E-state index contributed by atoms with van der Waals surface area (Å²) in [5.74, 6) is 2.34. The Morgan fingerprint density at radius 2 is 1.83 bits per heavy atom.